The highest BCUT2D eigenvalue weighted by atomic mass is 127. The van der Waals surface area contributed by atoms with Gasteiger partial charge in [0.2, 0.25) is 0 Å². The van der Waals surface area contributed by atoms with Gasteiger partial charge in [0.25, 0.3) is 0 Å². The lowest BCUT2D eigenvalue weighted by atomic mass is 10.2. The average Bonchev–Trinajstić information content (AvgIpc) is 2.69. The van der Waals surface area contributed by atoms with E-state index < -0.39 is 0 Å². The van der Waals surface area contributed by atoms with Crippen molar-refractivity contribution >= 4 is 55.5 Å². The van der Waals surface area contributed by atoms with Crippen molar-refractivity contribution in [3.05, 3.63) is 48.4 Å². The maximum atomic E-state index is 13.0. The van der Waals surface area contributed by atoms with Gasteiger partial charge in [0.1, 0.15) is 5.82 Å². The second-order valence-corrected chi connectivity index (χ2v) is 6.68. The molecule has 0 aliphatic carbocycles. The van der Waals surface area contributed by atoms with Crippen LogP contribution in [0.15, 0.2) is 34.1 Å². The molecule has 1 unspecified atom stereocenters. The van der Waals surface area contributed by atoms with Gasteiger partial charge in [0.15, 0.2) is 0 Å². The lowest BCUT2D eigenvalue weighted by Gasteiger charge is -2.15. The number of hydrogen-bond acceptors (Lipinski definition) is 2. The highest BCUT2D eigenvalue weighted by Crippen LogP contribution is 2.29. The van der Waals surface area contributed by atoms with Crippen LogP contribution in [0.3, 0.4) is 0 Å². The number of anilines is 1. The zero-order valence-electron chi connectivity index (χ0n) is 9.01. The van der Waals surface area contributed by atoms with Gasteiger partial charge in [-0.15, -0.1) is 11.3 Å². The molecule has 0 amide bonds. The van der Waals surface area contributed by atoms with Gasteiger partial charge in [-0.05, 0) is 69.7 Å². The summed E-state index contributed by atoms with van der Waals surface area (Å²) in [5.41, 5.74) is 0.962. The van der Waals surface area contributed by atoms with E-state index in [-0.39, 0.29) is 11.9 Å². The van der Waals surface area contributed by atoms with Crippen LogP contribution in [0.25, 0.3) is 0 Å². The van der Waals surface area contributed by atoms with E-state index in [1.54, 1.807) is 17.4 Å². The molecule has 1 atom stereocenters. The van der Waals surface area contributed by atoms with Crippen molar-refractivity contribution in [1.29, 1.82) is 0 Å². The van der Waals surface area contributed by atoms with Gasteiger partial charge >= 0.3 is 0 Å². The first-order valence-corrected chi connectivity index (χ1v) is 7.77. The number of nitrogens with one attached hydrogen (secondary N) is 1. The Bertz CT molecular complexity index is 529. The fraction of sp³-hybridized carbons (Fsp3) is 0.167. The van der Waals surface area contributed by atoms with Crippen molar-refractivity contribution in [2.75, 3.05) is 5.32 Å². The van der Waals surface area contributed by atoms with Gasteiger partial charge < -0.3 is 5.32 Å². The average molecular weight is 426 g/mol. The maximum absolute atomic E-state index is 13.0. The zero-order chi connectivity index (χ0) is 12.4. The van der Waals surface area contributed by atoms with Gasteiger partial charge in [-0.2, -0.15) is 0 Å². The monoisotopic (exact) mass is 425 g/mol. The van der Waals surface area contributed by atoms with Gasteiger partial charge in [-0.25, -0.2) is 4.39 Å². The molecule has 0 aliphatic heterocycles. The molecule has 0 radical (unpaired) electrons. The first-order chi connectivity index (χ1) is 8.06. The molecule has 1 aromatic carbocycles. The van der Waals surface area contributed by atoms with Gasteiger partial charge in [0.05, 0.1) is 6.04 Å². The summed E-state index contributed by atoms with van der Waals surface area (Å²) in [7, 11) is 0. The number of hydrogen-bond donors (Lipinski definition) is 1. The molecule has 1 aromatic heterocycles. The third kappa shape index (κ3) is 3.42. The Morgan fingerprint density at radius 2 is 2.18 bits per heavy atom. The first-order valence-electron chi connectivity index (χ1n) is 5.02. The third-order valence-electron chi connectivity index (χ3n) is 2.32. The number of rotatable bonds is 3. The molecule has 5 heteroatoms. The molecule has 0 saturated heterocycles. The highest BCUT2D eigenvalue weighted by Gasteiger charge is 2.09. The molecule has 0 saturated carbocycles. The van der Waals surface area contributed by atoms with Crippen LogP contribution in [-0.2, 0) is 0 Å². The Hall–Kier alpha value is -0.140. The molecule has 1 N–H and O–H groups in total. The van der Waals surface area contributed by atoms with Crippen molar-refractivity contribution in [1.82, 2.24) is 0 Å². The van der Waals surface area contributed by atoms with Crippen LogP contribution in [0, 0.1) is 9.39 Å². The Labute approximate surface area is 126 Å². The molecule has 1 heterocycles. The van der Waals surface area contributed by atoms with Crippen LogP contribution in [-0.4, -0.2) is 0 Å². The Morgan fingerprint density at radius 1 is 1.41 bits per heavy atom. The van der Waals surface area contributed by atoms with E-state index in [1.807, 2.05) is 0 Å². The standard InChI is InChI=1S/C12H10BrFINS/c1-7(12-4-8(13)6-17-12)16-11-3-2-9(14)5-10(11)15/h2-7,16H,1H3. The number of thiophene rings is 1. The summed E-state index contributed by atoms with van der Waals surface area (Å²) in [4.78, 5) is 1.25. The summed E-state index contributed by atoms with van der Waals surface area (Å²) in [6, 6.07) is 7.08. The van der Waals surface area contributed by atoms with Crippen molar-refractivity contribution in [2.45, 2.75) is 13.0 Å². The summed E-state index contributed by atoms with van der Waals surface area (Å²) in [5.74, 6) is -0.202. The molecular weight excluding hydrogens is 416 g/mol. The van der Waals surface area contributed by atoms with Crippen LogP contribution in [0.4, 0.5) is 10.1 Å². The first kappa shape index (κ1) is 13.3. The third-order valence-corrected chi connectivity index (χ3v) is 5.09. The molecule has 2 aromatic rings. The second-order valence-electron chi connectivity index (χ2n) is 3.66. The van der Waals surface area contributed by atoms with E-state index >= 15 is 0 Å². The van der Waals surface area contributed by atoms with Crippen molar-refractivity contribution in [3.8, 4) is 0 Å². The largest absolute Gasteiger partial charge is 0.377 e. The van der Waals surface area contributed by atoms with Crippen LogP contribution in [0.1, 0.15) is 17.8 Å². The molecule has 17 heavy (non-hydrogen) atoms. The Kier molecular flexibility index (Phi) is 4.43. The molecular formula is C12H10BrFINS. The van der Waals surface area contributed by atoms with E-state index in [2.05, 4.69) is 62.2 Å². The summed E-state index contributed by atoms with van der Waals surface area (Å²) >= 11 is 7.28. The minimum Gasteiger partial charge on any atom is -0.377 e. The predicted molar refractivity (Wildman–Crippen MR) is 83.2 cm³/mol. The molecule has 90 valence electrons. The summed E-state index contributed by atoms with van der Waals surface area (Å²) < 4.78 is 15.0. The van der Waals surface area contributed by atoms with Crippen LogP contribution >= 0.6 is 49.9 Å². The van der Waals surface area contributed by atoms with Crippen LogP contribution in [0.2, 0.25) is 0 Å². The summed E-state index contributed by atoms with van der Waals surface area (Å²) in [5, 5.41) is 5.44. The molecule has 1 nitrogen and oxygen atoms in total. The lowest BCUT2D eigenvalue weighted by molar-refractivity contribution is 0.627. The molecule has 0 spiro atoms. The van der Waals surface area contributed by atoms with E-state index in [0.717, 1.165) is 13.7 Å². The zero-order valence-corrected chi connectivity index (χ0v) is 13.6. The summed E-state index contributed by atoms with van der Waals surface area (Å²) in [6.07, 6.45) is 0. The Morgan fingerprint density at radius 3 is 2.76 bits per heavy atom. The number of halogens is 3. The quantitative estimate of drug-likeness (QED) is 0.646. The van der Waals surface area contributed by atoms with Crippen LogP contribution < -0.4 is 5.32 Å². The van der Waals surface area contributed by atoms with E-state index in [1.165, 1.54) is 17.0 Å². The fourth-order valence-corrected chi connectivity index (χ4v) is 3.55. The lowest BCUT2D eigenvalue weighted by Crippen LogP contribution is -2.06. The second kappa shape index (κ2) is 5.67. The normalized spacial score (nSPS) is 12.5. The molecule has 2 rings (SSSR count). The topological polar surface area (TPSA) is 12.0 Å². The van der Waals surface area contributed by atoms with Gasteiger partial charge in [-0.1, -0.05) is 0 Å². The van der Waals surface area contributed by atoms with Crippen molar-refractivity contribution in [2.24, 2.45) is 0 Å². The van der Waals surface area contributed by atoms with Crippen molar-refractivity contribution in [3.63, 3.8) is 0 Å². The minimum atomic E-state index is -0.202. The van der Waals surface area contributed by atoms with Gasteiger partial charge in [0, 0.05) is 24.0 Å². The predicted octanol–water partition coefficient (Wildman–Crippen LogP) is 5.43. The summed E-state index contributed by atoms with van der Waals surface area (Å²) in [6.45, 7) is 2.09. The highest BCUT2D eigenvalue weighted by molar-refractivity contribution is 14.1. The van der Waals surface area contributed by atoms with Crippen LogP contribution in [0.5, 0.6) is 0 Å². The smallest absolute Gasteiger partial charge is 0.124 e. The fourth-order valence-electron chi connectivity index (χ4n) is 1.47. The maximum Gasteiger partial charge on any atom is 0.124 e. The Balaban J connectivity index is 2.15. The van der Waals surface area contributed by atoms with Crippen molar-refractivity contribution < 1.29 is 4.39 Å². The SMILES string of the molecule is CC(Nc1ccc(F)cc1I)c1cc(Br)cs1. The molecule has 0 bridgehead atoms. The minimum absolute atomic E-state index is 0.202. The molecule has 0 aliphatic rings. The van der Waals surface area contributed by atoms with E-state index in [0.29, 0.717) is 0 Å². The molecule has 0 fully saturated rings. The van der Waals surface area contributed by atoms with E-state index in [9.17, 15) is 4.39 Å². The van der Waals surface area contributed by atoms with E-state index in [4.69, 9.17) is 0 Å². The van der Waals surface area contributed by atoms with Gasteiger partial charge in [-0.3, -0.25) is 0 Å². The number of benzene rings is 1.